The molecule has 0 atom stereocenters. The monoisotopic (exact) mass is 233 g/mol. The Hall–Kier alpha value is -2.21. The van der Waals surface area contributed by atoms with Crippen LogP contribution in [0.25, 0.3) is 0 Å². The normalized spacial score (nSPS) is 10.0. The highest BCUT2D eigenvalue weighted by Gasteiger charge is 1.98. The molecule has 4 N–H and O–H groups in total. The summed E-state index contributed by atoms with van der Waals surface area (Å²) in [6, 6.07) is 8.00. The number of nitrogens with zero attached hydrogens (tertiary/aromatic N) is 2. The van der Waals surface area contributed by atoms with Crippen LogP contribution < -0.4 is 16.6 Å². The van der Waals surface area contributed by atoms with Gasteiger partial charge >= 0.3 is 0 Å². The highest BCUT2D eigenvalue weighted by Crippen LogP contribution is 2.08. The molecule has 88 valence electrons. The standard InChI is InChI=1S/C11H12FN5/c12-9-3-1-8(2-4-9)7-15-10-5-6-14-11(16-10)17-13/h1-6H,7,13H2,(H2,14,15,16,17). The van der Waals surface area contributed by atoms with Crippen LogP contribution in [0.1, 0.15) is 5.56 Å². The van der Waals surface area contributed by atoms with E-state index in [0.29, 0.717) is 18.3 Å². The van der Waals surface area contributed by atoms with Gasteiger partial charge in [-0.15, -0.1) is 0 Å². The van der Waals surface area contributed by atoms with E-state index in [4.69, 9.17) is 5.84 Å². The molecule has 2 aromatic rings. The minimum Gasteiger partial charge on any atom is -0.366 e. The Labute approximate surface area is 97.9 Å². The Morgan fingerprint density at radius 3 is 2.65 bits per heavy atom. The number of nitrogens with two attached hydrogens (primary N) is 1. The topological polar surface area (TPSA) is 75.9 Å². The van der Waals surface area contributed by atoms with Gasteiger partial charge in [0.2, 0.25) is 5.95 Å². The highest BCUT2D eigenvalue weighted by molar-refractivity contribution is 5.39. The number of rotatable bonds is 4. The first-order valence-electron chi connectivity index (χ1n) is 5.06. The summed E-state index contributed by atoms with van der Waals surface area (Å²) in [5.74, 6) is 5.95. The van der Waals surface area contributed by atoms with Crippen LogP contribution in [0, 0.1) is 5.82 Å². The van der Waals surface area contributed by atoms with E-state index in [-0.39, 0.29) is 5.82 Å². The number of benzene rings is 1. The van der Waals surface area contributed by atoms with Gasteiger partial charge in [-0.2, -0.15) is 4.98 Å². The summed E-state index contributed by atoms with van der Waals surface area (Å²) in [4.78, 5) is 7.98. The van der Waals surface area contributed by atoms with Crippen molar-refractivity contribution in [1.82, 2.24) is 9.97 Å². The van der Waals surface area contributed by atoms with Crippen molar-refractivity contribution in [3.63, 3.8) is 0 Å². The SMILES string of the molecule is NNc1nccc(NCc2ccc(F)cc2)n1. The van der Waals surface area contributed by atoms with Crippen molar-refractivity contribution in [2.24, 2.45) is 5.84 Å². The molecule has 1 aromatic heterocycles. The van der Waals surface area contributed by atoms with Crippen LogP contribution in [0.4, 0.5) is 16.2 Å². The van der Waals surface area contributed by atoms with Crippen LogP contribution in [0.5, 0.6) is 0 Å². The van der Waals surface area contributed by atoms with E-state index >= 15 is 0 Å². The molecule has 0 spiro atoms. The molecule has 1 aromatic carbocycles. The second kappa shape index (κ2) is 5.22. The van der Waals surface area contributed by atoms with Gasteiger partial charge in [-0.25, -0.2) is 15.2 Å². The molecule has 17 heavy (non-hydrogen) atoms. The number of hydrogen-bond donors (Lipinski definition) is 3. The van der Waals surface area contributed by atoms with E-state index in [2.05, 4.69) is 20.7 Å². The average molecular weight is 233 g/mol. The quantitative estimate of drug-likeness (QED) is 0.551. The Balaban J connectivity index is 1.99. The summed E-state index contributed by atoms with van der Waals surface area (Å²) in [7, 11) is 0. The van der Waals surface area contributed by atoms with Crippen LogP contribution in [-0.4, -0.2) is 9.97 Å². The number of hydrogen-bond acceptors (Lipinski definition) is 5. The van der Waals surface area contributed by atoms with Gasteiger partial charge in [-0.1, -0.05) is 12.1 Å². The van der Waals surface area contributed by atoms with E-state index in [1.165, 1.54) is 12.1 Å². The van der Waals surface area contributed by atoms with Crippen LogP contribution in [-0.2, 0) is 6.54 Å². The lowest BCUT2D eigenvalue weighted by atomic mass is 10.2. The molecule has 0 aliphatic heterocycles. The van der Waals surface area contributed by atoms with Crippen LogP contribution >= 0.6 is 0 Å². The molecule has 0 amide bonds. The molecule has 0 aliphatic rings. The first kappa shape index (κ1) is 11.3. The summed E-state index contributed by atoms with van der Waals surface area (Å²) >= 11 is 0. The highest BCUT2D eigenvalue weighted by atomic mass is 19.1. The summed E-state index contributed by atoms with van der Waals surface area (Å²) in [5.41, 5.74) is 3.33. The van der Waals surface area contributed by atoms with Gasteiger partial charge in [0, 0.05) is 12.7 Å². The first-order chi connectivity index (χ1) is 8.28. The number of nitrogen functional groups attached to an aromatic ring is 1. The zero-order valence-corrected chi connectivity index (χ0v) is 9.02. The third kappa shape index (κ3) is 3.12. The zero-order valence-electron chi connectivity index (χ0n) is 9.02. The fourth-order valence-corrected chi connectivity index (χ4v) is 1.32. The molecule has 6 heteroatoms. The summed E-state index contributed by atoms with van der Waals surface area (Å²) in [5, 5.41) is 3.09. The van der Waals surface area contributed by atoms with E-state index < -0.39 is 0 Å². The number of hydrazine groups is 1. The number of aromatic nitrogens is 2. The predicted octanol–water partition coefficient (Wildman–Crippen LogP) is 1.51. The molecule has 0 saturated carbocycles. The summed E-state index contributed by atoms with van der Waals surface area (Å²) < 4.78 is 12.7. The molecule has 5 nitrogen and oxygen atoms in total. The van der Waals surface area contributed by atoms with Gasteiger partial charge in [0.15, 0.2) is 0 Å². The lowest BCUT2D eigenvalue weighted by molar-refractivity contribution is 0.627. The maximum atomic E-state index is 12.7. The number of nitrogens with one attached hydrogen (secondary N) is 2. The maximum Gasteiger partial charge on any atom is 0.239 e. The van der Waals surface area contributed by atoms with E-state index in [1.54, 1.807) is 24.4 Å². The molecule has 0 unspecified atom stereocenters. The van der Waals surface area contributed by atoms with Crippen LogP contribution in [0.3, 0.4) is 0 Å². The van der Waals surface area contributed by atoms with Gasteiger partial charge in [0.05, 0.1) is 0 Å². The molecule has 2 rings (SSSR count). The molecule has 0 aliphatic carbocycles. The van der Waals surface area contributed by atoms with Crippen molar-refractivity contribution in [1.29, 1.82) is 0 Å². The predicted molar refractivity (Wildman–Crippen MR) is 63.6 cm³/mol. The fourth-order valence-electron chi connectivity index (χ4n) is 1.32. The van der Waals surface area contributed by atoms with E-state index in [1.807, 2.05) is 0 Å². The Bertz CT molecular complexity index is 485. The van der Waals surface area contributed by atoms with Gasteiger partial charge in [-0.3, -0.25) is 5.43 Å². The second-order valence-electron chi connectivity index (χ2n) is 3.39. The van der Waals surface area contributed by atoms with Gasteiger partial charge in [-0.05, 0) is 23.8 Å². The maximum absolute atomic E-state index is 12.7. The number of halogens is 1. The van der Waals surface area contributed by atoms with E-state index in [0.717, 1.165) is 5.56 Å². The van der Waals surface area contributed by atoms with Crippen LogP contribution in [0.2, 0.25) is 0 Å². The van der Waals surface area contributed by atoms with Crippen molar-refractivity contribution < 1.29 is 4.39 Å². The molecular formula is C11H12FN5. The van der Waals surface area contributed by atoms with E-state index in [9.17, 15) is 4.39 Å². The molecule has 0 saturated heterocycles. The minimum atomic E-state index is -0.245. The van der Waals surface area contributed by atoms with Gasteiger partial charge in [0.1, 0.15) is 11.6 Å². The molecule has 0 fully saturated rings. The molecule has 0 bridgehead atoms. The van der Waals surface area contributed by atoms with Crippen LogP contribution in [0.15, 0.2) is 36.5 Å². The fraction of sp³-hybridized carbons (Fsp3) is 0.0909. The van der Waals surface area contributed by atoms with Crippen molar-refractivity contribution >= 4 is 11.8 Å². The molecule has 0 radical (unpaired) electrons. The Morgan fingerprint density at radius 2 is 1.94 bits per heavy atom. The van der Waals surface area contributed by atoms with Crippen molar-refractivity contribution in [3.8, 4) is 0 Å². The average Bonchev–Trinajstić information content (AvgIpc) is 2.38. The Morgan fingerprint density at radius 1 is 1.18 bits per heavy atom. The second-order valence-corrected chi connectivity index (χ2v) is 3.39. The Kier molecular flexibility index (Phi) is 3.46. The van der Waals surface area contributed by atoms with Crippen molar-refractivity contribution in [2.75, 3.05) is 10.7 Å². The molecule has 1 heterocycles. The van der Waals surface area contributed by atoms with Crippen molar-refractivity contribution in [3.05, 3.63) is 47.9 Å². The van der Waals surface area contributed by atoms with Crippen molar-refractivity contribution in [2.45, 2.75) is 6.54 Å². The smallest absolute Gasteiger partial charge is 0.239 e. The van der Waals surface area contributed by atoms with Gasteiger partial charge < -0.3 is 5.32 Å². The first-order valence-corrected chi connectivity index (χ1v) is 5.06. The largest absolute Gasteiger partial charge is 0.366 e. The molecular weight excluding hydrogens is 221 g/mol. The lowest BCUT2D eigenvalue weighted by Gasteiger charge is -2.06. The summed E-state index contributed by atoms with van der Waals surface area (Å²) in [6.07, 6.45) is 1.59. The zero-order chi connectivity index (χ0) is 12.1. The minimum absolute atomic E-state index is 0.245. The van der Waals surface area contributed by atoms with Gasteiger partial charge in [0.25, 0.3) is 0 Å². The third-order valence-electron chi connectivity index (χ3n) is 2.17. The summed E-state index contributed by atoms with van der Waals surface area (Å²) in [6.45, 7) is 0.557. The lowest BCUT2D eigenvalue weighted by Crippen LogP contribution is -2.11. The third-order valence-corrected chi connectivity index (χ3v) is 2.17. The number of anilines is 2.